The highest BCUT2D eigenvalue weighted by Gasteiger charge is 2.26. The Labute approximate surface area is 85.0 Å². The fraction of sp³-hybridized carbons (Fsp3) is 1.00. The van der Waals surface area contributed by atoms with Gasteiger partial charge in [-0.1, -0.05) is 12.8 Å². The van der Waals surface area contributed by atoms with Gasteiger partial charge in [0.15, 0.2) is 0 Å². The maximum Gasteiger partial charge on any atom is 0.0972 e. The number of nitrogens with one attached hydrogen (secondary N) is 1. The molecule has 0 saturated heterocycles. The second kappa shape index (κ2) is 5.07. The topological polar surface area (TPSA) is 72.7 Å². The predicted octanol–water partition coefficient (Wildman–Crippen LogP) is -0.377. The van der Waals surface area contributed by atoms with Crippen LogP contribution in [0.2, 0.25) is 0 Å². The van der Waals surface area contributed by atoms with E-state index in [9.17, 15) is 10.2 Å². The molecule has 1 saturated carbocycles. The Kier molecular flexibility index (Phi) is 4.31. The first-order valence-corrected chi connectivity index (χ1v) is 5.30. The van der Waals surface area contributed by atoms with Crippen molar-refractivity contribution in [2.75, 3.05) is 13.2 Å². The summed E-state index contributed by atoms with van der Waals surface area (Å²) in [6, 6.07) is 0.0711. The lowest BCUT2D eigenvalue weighted by Crippen LogP contribution is -2.49. The van der Waals surface area contributed by atoms with E-state index in [1.165, 1.54) is 0 Å². The molecule has 0 radical (unpaired) electrons. The lowest BCUT2D eigenvalue weighted by Gasteiger charge is -2.31. The molecule has 0 aliphatic heterocycles. The van der Waals surface area contributed by atoms with Crippen LogP contribution in [0.15, 0.2) is 0 Å². The fourth-order valence-electron chi connectivity index (χ4n) is 1.76. The Morgan fingerprint density at radius 2 is 2.00 bits per heavy atom. The lowest BCUT2D eigenvalue weighted by molar-refractivity contribution is -0.00675. The Hall–Kier alpha value is -0.160. The molecule has 3 atom stereocenters. The van der Waals surface area contributed by atoms with Gasteiger partial charge in [-0.05, 0) is 19.8 Å². The van der Waals surface area contributed by atoms with Crippen LogP contribution in [0.25, 0.3) is 0 Å². The van der Waals surface area contributed by atoms with Crippen LogP contribution in [-0.2, 0) is 0 Å². The highest BCUT2D eigenvalue weighted by molar-refractivity contribution is 4.84. The second-order valence-electron chi connectivity index (χ2n) is 4.49. The molecule has 1 aliphatic rings. The minimum absolute atomic E-state index is 0.0711. The highest BCUT2D eigenvalue weighted by atomic mass is 16.3. The third-order valence-corrected chi connectivity index (χ3v) is 2.82. The molecule has 0 spiro atoms. The van der Waals surface area contributed by atoms with Crippen LogP contribution in [-0.4, -0.2) is 46.2 Å². The monoisotopic (exact) mass is 203 g/mol. The molecule has 0 bridgehead atoms. The summed E-state index contributed by atoms with van der Waals surface area (Å²) in [6.45, 7) is 1.64. The molecular weight excluding hydrogens is 182 g/mol. The minimum Gasteiger partial charge on any atom is -0.393 e. The van der Waals surface area contributed by atoms with Crippen LogP contribution in [0.3, 0.4) is 0 Å². The van der Waals surface area contributed by atoms with Gasteiger partial charge in [0.2, 0.25) is 0 Å². The summed E-state index contributed by atoms with van der Waals surface area (Å²) in [6.07, 6.45) is 3.67. The van der Waals surface area contributed by atoms with Crippen molar-refractivity contribution in [1.82, 2.24) is 5.32 Å². The molecule has 4 nitrogen and oxygen atoms in total. The van der Waals surface area contributed by atoms with Gasteiger partial charge in [-0.2, -0.15) is 0 Å². The van der Waals surface area contributed by atoms with E-state index < -0.39 is 5.60 Å². The van der Waals surface area contributed by atoms with Gasteiger partial charge in [0.1, 0.15) is 0 Å². The first-order valence-electron chi connectivity index (χ1n) is 5.30. The standard InChI is InChI=1S/C10H21NO3/c1-10(14,7-12)6-11-8-4-2-3-5-9(8)13/h8-9,11-14H,2-7H2,1H3/t8-,9-,10?/m1/s1. The highest BCUT2D eigenvalue weighted by Crippen LogP contribution is 2.18. The number of hydrogen-bond donors (Lipinski definition) is 4. The van der Waals surface area contributed by atoms with E-state index in [0.29, 0.717) is 6.54 Å². The normalized spacial score (nSPS) is 32.6. The number of aliphatic hydroxyl groups excluding tert-OH is 2. The maximum atomic E-state index is 9.63. The zero-order valence-corrected chi connectivity index (χ0v) is 8.74. The van der Waals surface area contributed by atoms with Gasteiger partial charge in [0, 0.05) is 12.6 Å². The van der Waals surface area contributed by atoms with Crippen molar-refractivity contribution in [3.05, 3.63) is 0 Å². The summed E-state index contributed by atoms with van der Waals surface area (Å²) in [5, 5.41) is 31.1. The number of hydrogen-bond acceptors (Lipinski definition) is 4. The summed E-state index contributed by atoms with van der Waals surface area (Å²) in [4.78, 5) is 0. The SMILES string of the molecule is CC(O)(CO)CN[C@@H]1CCCC[C@H]1O. The van der Waals surface area contributed by atoms with Crippen molar-refractivity contribution in [2.45, 2.75) is 50.4 Å². The Morgan fingerprint density at radius 3 is 2.57 bits per heavy atom. The third kappa shape index (κ3) is 3.53. The average molecular weight is 203 g/mol. The van der Waals surface area contributed by atoms with Crippen molar-refractivity contribution in [3.63, 3.8) is 0 Å². The van der Waals surface area contributed by atoms with Crippen molar-refractivity contribution in [1.29, 1.82) is 0 Å². The fourth-order valence-corrected chi connectivity index (χ4v) is 1.76. The summed E-state index contributed by atoms with van der Waals surface area (Å²) in [7, 11) is 0. The van der Waals surface area contributed by atoms with Gasteiger partial charge < -0.3 is 20.6 Å². The summed E-state index contributed by atoms with van der Waals surface area (Å²) >= 11 is 0. The van der Waals surface area contributed by atoms with Gasteiger partial charge in [-0.25, -0.2) is 0 Å². The molecule has 1 rings (SSSR count). The molecule has 84 valence electrons. The van der Waals surface area contributed by atoms with E-state index >= 15 is 0 Å². The van der Waals surface area contributed by atoms with Gasteiger partial charge in [-0.15, -0.1) is 0 Å². The summed E-state index contributed by atoms with van der Waals surface area (Å²) in [5.74, 6) is 0. The van der Waals surface area contributed by atoms with E-state index in [4.69, 9.17) is 5.11 Å². The van der Waals surface area contributed by atoms with Crippen molar-refractivity contribution in [2.24, 2.45) is 0 Å². The molecule has 1 unspecified atom stereocenters. The second-order valence-corrected chi connectivity index (χ2v) is 4.49. The van der Waals surface area contributed by atoms with E-state index in [-0.39, 0.29) is 18.8 Å². The van der Waals surface area contributed by atoms with E-state index in [1.807, 2.05) is 0 Å². The van der Waals surface area contributed by atoms with Gasteiger partial charge in [-0.3, -0.25) is 0 Å². The van der Waals surface area contributed by atoms with Crippen molar-refractivity contribution in [3.8, 4) is 0 Å². The zero-order valence-electron chi connectivity index (χ0n) is 8.74. The molecular formula is C10H21NO3. The largest absolute Gasteiger partial charge is 0.393 e. The molecule has 4 heteroatoms. The van der Waals surface area contributed by atoms with E-state index in [0.717, 1.165) is 25.7 Å². The molecule has 1 aliphatic carbocycles. The van der Waals surface area contributed by atoms with Gasteiger partial charge in [0.05, 0.1) is 18.3 Å². The number of aliphatic hydroxyl groups is 3. The average Bonchev–Trinajstić information content (AvgIpc) is 2.17. The lowest BCUT2D eigenvalue weighted by atomic mass is 9.92. The molecule has 4 N–H and O–H groups in total. The van der Waals surface area contributed by atoms with Crippen molar-refractivity contribution >= 4 is 0 Å². The quantitative estimate of drug-likeness (QED) is 0.503. The van der Waals surface area contributed by atoms with Crippen LogP contribution >= 0.6 is 0 Å². The summed E-state index contributed by atoms with van der Waals surface area (Å²) < 4.78 is 0. The van der Waals surface area contributed by atoms with E-state index in [2.05, 4.69) is 5.32 Å². The third-order valence-electron chi connectivity index (χ3n) is 2.82. The van der Waals surface area contributed by atoms with Crippen LogP contribution in [0.5, 0.6) is 0 Å². The minimum atomic E-state index is -1.09. The molecule has 0 heterocycles. The molecule has 14 heavy (non-hydrogen) atoms. The first-order chi connectivity index (χ1) is 6.55. The Bertz CT molecular complexity index is 173. The van der Waals surface area contributed by atoms with Crippen LogP contribution in [0, 0.1) is 0 Å². The molecule has 0 aromatic carbocycles. The maximum absolute atomic E-state index is 9.63. The predicted molar refractivity (Wildman–Crippen MR) is 54.0 cm³/mol. The molecule has 1 fully saturated rings. The molecule has 0 aromatic heterocycles. The van der Waals surface area contributed by atoms with Gasteiger partial charge >= 0.3 is 0 Å². The molecule has 0 aromatic rings. The van der Waals surface area contributed by atoms with E-state index in [1.54, 1.807) is 6.92 Å². The molecule has 0 amide bonds. The zero-order chi connectivity index (χ0) is 10.6. The summed E-state index contributed by atoms with van der Waals surface area (Å²) in [5.41, 5.74) is -1.09. The van der Waals surface area contributed by atoms with Crippen molar-refractivity contribution < 1.29 is 15.3 Å². The smallest absolute Gasteiger partial charge is 0.0972 e. The Balaban J connectivity index is 2.29. The van der Waals surface area contributed by atoms with Crippen LogP contribution in [0.1, 0.15) is 32.6 Å². The first kappa shape index (κ1) is 11.9. The van der Waals surface area contributed by atoms with Gasteiger partial charge in [0.25, 0.3) is 0 Å². The Morgan fingerprint density at radius 1 is 1.36 bits per heavy atom. The van der Waals surface area contributed by atoms with Crippen LogP contribution < -0.4 is 5.32 Å². The van der Waals surface area contributed by atoms with Crippen LogP contribution in [0.4, 0.5) is 0 Å². The number of rotatable bonds is 4.